The molecule has 4 heteroatoms. The lowest BCUT2D eigenvalue weighted by Crippen LogP contribution is -1.92. The molecule has 0 atom stereocenters. The minimum absolute atomic E-state index is 0.0527. The average molecular weight is 310 g/mol. The van der Waals surface area contributed by atoms with Crippen LogP contribution in [0.4, 0.5) is 0 Å². The quantitative estimate of drug-likeness (QED) is 0.626. The molecule has 0 aliphatic rings. The first kappa shape index (κ1) is 16.4. The minimum atomic E-state index is -0.336. The monoisotopic (exact) mass is 310 g/mol. The first-order valence-electron chi connectivity index (χ1n) is 7.24. The lowest BCUT2D eigenvalue weighted by molar-refractivity contribution is -0.110. The van der Waals surface area contributed by atoms with Crippen LogP contribution in [0.1, 0.15) is 18.1 Å². The molecule has 0 aromatic heterocycles. The number of hydrogen-bond donors (Lipinski definition) is 2. The predicted octanol–water partition coefficient (Wildman–Crippen LogP) is 3.97. The molecule has 2 aromatic carbocycles. The van der Waals surface area contributed by atoms with Crippen LogP contribution in [0, 0.1) is 0 Å². The van der Waals surface area contributed by atoms with Gasteiger partial charge in [-0.15, -0.1) is 0 Å². The number of carbonyl (C=O) groups is 1. The molecule has 0 radical (unpaired) electrons. The number of rotatable bonds is 6. The fraction of sp³-hybridized carbons (Fsp3) is 0.105. The summed E-state index contributed by atoms with van der Waals surface area (Å²) in [6, 6.07) is 13.7. The van der Waals surface area contributed by atoms with E-state index in [0.717, 1.165) is 6.08 Å². The van der Waals surface area contributed by atoms with Gasteiger partial charge in [-0.2, -0.15) is 0 Å². The van der Waals surface area contributed by atoms with Crippen molar-refractivity contribution in [3.8, 4) is 11.5 Å². The normalized spacial score (nSPS) is 11.6. The molecule has 23 heavy (non-hydrogen) atoms. The van der Waals surface area contributed by atoms with Crippen molar-refractivity contribution >= 4 is 17.6 Å². The maximum atomic E-state index is 11.9. The van der Waals surface area contributed by atoms with Gasteiger partial charge in [0.2, 0.25) is 0 Å². The van der Waals surface area contributed by atoms with Crippen LogP contribution in [0.25, 0.3) is 11.8 Å². The number of ketones is 1. The molecule has 0 bridgehead atoms. The van der Waals surface area contributed by atoms with Crippen LogP contribution in [-0.4, -0.2) is 22.6 Å². The summed E-state index contributed by atoms with van der Waals surface area (Å²) in [6.07, 6.45) is 4.11. The van der Waals surface area contributed by atoms with Gasteiger partial charge in [0, 0.05) is 11.6 Å². The molecule has 0 fully saturated rings. The Bertz CT molecular complexity index is 730. The molecular formula is C19H18O4. The lowest BCUT2D eigenvalue weighted by Gasteiger charge is -2.06. The van der Waals surface area contributed by atoms with Crippen LogP contribution in [0.2, 0.25) is 0 Å². The molecule has 0 aliphatic carbocycles. The minimum Gasteiger partial charge on any atom is -0.507 e. The van der Waals surface area contributed by atoms with Gasteiger partial charge in [-0.1, -0.05) is 42.5 Å². The van der Waals surface area contributed by atoms with Crippen molar-refractivity contribution in [3.63, 3.8) is 0 Å². The van der Waals surface area contributed by atoms with Crippen LogP contribution >= 0.6 is 0 Å². The van der Waals surface area contributed by atoms with Gasteiger partial charge in [0.1, 0.15) is 5.76 Å². The van der Waals surface area contributed by atoms with Gasteiger partial charge in [0.05, 0.1) is 6.61 Å². The summed E-state index contributed by atoms with van der Waals surface area (Å²) in [5.74, 6) is 0.0000627. The Hall–Kier alpha value is -3.01. The topological polar surface area (TPSA) is 66.8 Å². The van der Waals surface area contributed by atoms with Crippen LogP contribution in [-0.2, 0) is 4.79 Å². The molecule has 2 rings (SSSR count). The van der Waals surface area contributed by atoms with Gasteiger partial charge in [0.25, 0.3) is 0 Å². The van der Waals surface area contributed by atoms with Crippen molar-refractivity contribution in [3.05, 3.63) is 71.8 Å². The number of phenolic OH excluding ortho intramolecular Hbond substituents is 1. The van der Waals surface area contributed by atoms with E-state index in [1.165, 1.54) is 12.1 Å². The Balaban J connectivity index is 2.11. The van der Waals surface area contributed by atoms with Gasteiger partial charge < -0.3 is 14.9 Å². The Morgan fingerprint density at radius 1 is 1.17 bits per heavy atom. The molecule has 4 nitrogen and oxygen atoms in total. The van der Waals surface area contributed by atoms with E-state index in [4.69, 9.17) is 4.74 Å². The van der Waals surface area contributed by atoms with E-state index in [-0.39, 0.29) is 17.3 Å². The van der Waals surface area contributed by atoms with E-state index in [1.54, 1.807) is 42.5 Å². The van der Waals surface area contributed by atoms with Crippen LogP contribution in [0.3, 0.4) is 0 Å². The summed E-state index contributed by atoms with van der Waals surface area (Å²) in [5, 5.41) is 19.5. The molecule has 0 saturated heterocycles. The first-order valence-corrected chi connectivity index (χ1v) is 7.24. The second kappa shape index (κ2) is 7.84. The van der Waals surface area contributed by atoms with Crippen molar-refractivity contribution in [2.75, 3.05) is 6.61 Å². The van der Waals surface area contributed by atoms with Crippen LogP contribution in [0.5, 0.6) is 11.5 Å². The maximum absolute atomic E-state index is 11.9. The Morgan fingerprint density at radius 3 is 2.61 bits per heavy atom. The molecule has 118 valence electrons. The van der Waals surface area contributed by atoms with Gasteiger partial charge in [0.15, 0.2) is 17.3 Å². The highest BCUT2D eigenvalue weighted by Crippen LogP contribution is 2.27. The molecule has 0 unspecified atom stereocenters. The summed E-state index contributed by atoms with van der Waals surface area (Å²) in [4.78, 5) is 11.9. The third-order valence-corrected chi connectivity index (χ3v) is 3.07. The van der Waals surface area contributed by atoms with Gasteiger partial charge >= 0.3 is 0 Å². The van der Waals surface area contributed by atoms with E-state index in [1.807, 2.05) is 13.0 Å². The van der Waals surface area contributed by atoms with Gasteiger partial charge in [-0.25, -0.2) is 0 Å². The van der Waals surface area contributed by atoms with Gasteiger partial charge in [-0.3, -0.25) is 4.79 Å². The Morgan fingerprint density at radius 2 is 1.91 bits per heavy atom. The number of aliphatic hydroxyl groups excluding tert-OH is 1. The van der Waals surface area contributed by atoms with Crippen molar-refractivity contribution in [2.24, 2.45) is 0 Å². The van der Waals surface area contributed by atoms with Gasteiger partial charge in [-0.05, 0) is 30.7 Å². The zero-order valence-electron chi connectivity index (χ0n) is 12.8. The van der Waals surface area contributed by atoms with E-state index < -0.39 is 0 Å². The highest BCUT2D eigenvalue weighted by Gasteiger charge is 2.03. The summed E-state index contributed by atoms with van der Waals surface area (Å²) < 4.78 is 5.29. The zero-order chi connectivity index (χ0) is 16.7. The third kappa shape index (κ3) is 4.74. The van der Waals surface area contributed by atoms with Crippen LogP contribution in [0.15, 0.2) is 60.7 Å². The Kier molecular flexibility index (Phi) is 5.58. The second-order valence-electron chi connectivity index (χ2n) is 4.79. The number of benzene rings is 2. The fourth-order valence-corrected chi connectivity index (χ4v) is 1.96. The highest BCUT2D eigenvalue weighted by molar-refractivity contribution is 6.05. The summed E-state index contributed by atoms with van der Waals surface area (Å²) >= 11 is 0. The van der Waals surface area contributed by atoms with E-state index >= 15 is 0 Å². The van der Waals surface area contributed by atoms with E-state index in [9.17, 15) is 15.0 Å². The summed E-state index contributed by atoms with van der Waals surface area (Å²) in [5.41, 5.74) is 1.30. The number of aromatic hydroxyl groups is 1. The highest BCUT2D eigenvalue weighted by atomic mass is 16.5. The van der Waals surface area contributed by atoms with Crippen molar-refractivity contribution in [1.82, 2.24) is 0 Å². The molecule has 2 N–H and O–H groups in total. The van der Waals surface area contributed by atoms with Crippen LogP contribution < -0.4 is 4.74 Å². The zero-order valence-corrected chi connectivity index (χ0v) is 12.8. The number of hydrogen-bond acceptors (Lipinski definition) is 4. The molecular weight excluding hydrogens is 292 g/mol. The molecule has 0 amide bonds. The fourth-order valence-electron chi connectivity index (χ4n) is 1.96. The van der Waals surface area contributed by atoms with Crippen molar-refractivity contribution in [1.29, 1.82) is 0 Å². The third-order valence-electron chi connectivity index (χ3n) is 3.07. The average Bonchev–Trinajstić information content (AvgIpc) is 2.56. The SMILES string of the molecule is CCOc1cc(/C=C/C(=O)/C=C(\O)c2ccccc2)ccc1O. The van der Waals surface area contributed by atoms with E-state index in [2.05, 4.69) is 0 Å². The standard InChI is InChI=1S/C19H18O4/c1-2-23-19-12-14(9-11-17(19)21)8-10-16(20)13-18(22)15-6-4-3-5-7-15/h3-13,21-22H,2H2,1H3/b10-8+,18-13-. The first-order chi connectivity index (χ1) is 11.1. The Labute approximate surface area is 135 Å². The predicted molar refractivity (Wildman–Crippen MR) is 90.4 cm³/mol. The number of aliphatic hydroxyl groups is 1. The van der Waals surface area contributed by atoms with E-state index in [0.29, 0.717) is 23.5 Å². The summed E-state index contributed by atoms with van der Waals surface area (Å²) in [7, 11) is 0. The maximum Gasteiger partial charge on any atom is 0.182 e. The largest absolute Gasteiger partial charge is 0.507 e. The molecule has 2 aromatic rings. The molecule has 0 saturated carbocycles. The molecule has 0 aliphatic heterocycles. The summed E-state index contributed by atoms with van der Waals surface area (Å²) in [6.45, 7) is 2.26. The number of allylic oxidation sites excluding steroid dienone is 2. The smallest absolute Gasteiger partial charge is 0.182 e. The lowest BCUT2D eigenvalue weighted by atomic mass is 10.1. The number of carbonyl (C=O) groups excluding carboxylic acids is 1. The van der Waals surface area contributed by atoms with Crippen molar-refractivity contribution < 1.29 is 19.7 Å². The number of phenols is 1. The second-order valence-corrected chi connectivity index (χ2v) is 4.79. The van der Waals surface area contributed by atoms with Crippen molar-refractivity contribution in [2.45, 2.75) is 6.92 Å². The molecule has 0 heterocycles. The molecule has 0 spiro atoms. The number of ether oxygens (including phenoxy) is 1.